The third-order valence-electron chi connectivity index (χ3n) is 3.44. The first-order valence-corrected chi connectivity index (χ1v) is 6.86. The first-order valence-electron chi connectivity index (χ1n) is 6.86. The molecule has 4 heteroatoms. The van der Waals surface area contributed by atoms with Crippen LogP contribution in [0.5, 0.6) is 5.75 Å². The summed E-state index contributed by atoms with van der Waals surface area (Å²) in [4.78, 5) is 11.7. The van der Waals surface area contributed by atoms with Crippen LogP contribution in [0, 0.1) is 0 Å². The summed E-state index contributed by atoms with van der Waals surface area (Å²) in [6.45, 7) is 0.426. The van der Waals surface area contributed by atoms with Crippen LogP contribution in [0.15, 0.2) is 24.3 Å². The topological polar surface area (TPSA) is 47.6 Å². The number of hydrogen-bond acceptors (Lipinski definition) is 3. The van der Waals surface area contributed by atoms with E-state index in [1.807, 2.05) is 24.3 Å². The number of hydrogen-bond donors (Lipinski definition) is 1. The maximum absolute atomic E-state index is 11.7. The lowest BCUT2D eigenvalue weighted by Crippen LogP contribution is -2.29. The van der Waals surface area contributed by atoms with Gasteiger partial charge < -0.3 is 14.8 Å². The zero-order valence-corrected chi connectivity index (χ0v) is 11.4. The number of ether oxygens (including phenoxy) is 2. The van der Waals surface area contributed by atoms with Crippen molar-refractivity contribution in [1.29, 1.82) is 0 Å². The van der Waals surface area contributed by atoms with Gasteiger partial charge in [0.05, 0.1) is 7.11 Å². The minimum Gasteiger partial charge on any atom is -0.496 e. The standard InChI is InChI=1S/C15H21NO3/c1-18-14-10-6-5-7-12(14)11-16-15(17)19-13-8-3-2-4-9-13/h5-7,10,13H,2-4,8-9,11H2,1H3,(H,16,17). The number of carbonyl (C=O) groups is 1. The van der Waals surface area contributed by atoms with Gasteiger partial charge in [-0.05, 0) is 31.7 Å². The summed E-state index contributed by atoms with van der Waals surface area (Å²) in [6, 6.07) is 7.64. The van der Waals surface area contributed by atoms with Gasteiger partial charge in [0.1, 0.15) is 11.9 Å². The zero-order valence-electron chi connectivity index (χ0n) is 11.4. The van der Waals surface area contributed by atoms with Gasteiger partial charge in [0, 0.05) is 12.1 Å². The Kier molecular flexibility index (Phi) is 5.07. The lowest BCUT2D eigenvalue weighted by atomic mass is 9.98. The van der Waals surface area contributed by atoms with Crippen molar-refractivity contribution in [1.82, 2.24) is 5.32 Å². The molecule has 0 unspecified atom stereocenters. The molecule has 1 fully saturated rings. The van der Waals surface area contributed by atoms with Crippen molar-refractivity contribution < 1.29 is 14.3 Å². The summed E-state index contributed by atoms with van der Waals surface area (Å²) < 4.78 is 10.6. The van der Waals surface area contributed by atoms with Gasteiger partial charge in [0.25, 0.3) is 0 Å². The van der Waals surface area contributed by atoms with Gasteiger partial charge in [-0.2, -0.15) is 0 Å². The number of amides is 1. The van der Waals surface area contributed by atoms with Crippen LogP contribution in [0.1, 0.15) is 37.7 Å². The number of alkyl carbamates (subject to hydrolysis) is 1. The van der Waals surface area contributed by atoms with Crippen molar-refractivity contribution in [3.63, 3.8) is 0 Å². The van der Waals surface area contributed by atoms with Crippen LogP contribution in [0.25, 0.3) is 0 Å². The number of carbonyl (C=O) groups excluding carboxylic acids is 1. The molecule has 0 aromatic heterocycles. The van der Waals surface area contributed by atoms with Gasteiger partial charge in [0.15, 0.2) is 0 Å². The predicted octanol–water partition coefficient (Wildman–Crippen LogP) is 3.25. The first kappa shape index (κ1) is 13.7. The second-order valence-electron chi connectivity index (χ2n) is 4.83. The van der Waals surface area contributed by atoms with Gasteiger partial charge in [-0.25, -0.2) is 4.79 Å². The van der Waals surface area contributed by atoms with E-state index < -0.39 is 0 Å². The maximum Gasteiger partial charge on any atom is 0.407 e. The van der Waals surface area contributed by atoms with E-state index in [1.165, 1.54) is 6.42 Å². The molecule has 0 aliphatic heterocycles. The Morgan fingerprint density at radius 2 is 2.00 bits per heavy atom. The van der Waals surface area contributed by atoms with Crippen molar-refractivity contribution in [3.8, 4) is 5.75 Å². The largest absolute Gasteiger partial charge is 0.496 e. The second kappa shape index (κ2) is 7.02. The fraction of sp³-hybridized carbons (Fsp3) is 0.533. The third-order valence-corrected chi connectivity index (χ3v) is 3.44. The average Bonchev–Trinajstić information content (AvgIpc) is 2.46. The molecule has 0 bridgehead atoms. The molecule has 1 aliphatic carbocycles. The number of methoxy groups -OCH3 is 1. The molecule has 1 amide bonds. The molecule has 1 aromatic rings. The van der Waals surface area contributed by atoms with E-state index >= 15 is 0 Å². The molecule has 0 heterocycles. The summed E-state index contributed by atoms with van der Waals surface area (Å²) in [6.07, 6.45) is 5.30. The molecule has 0 saturated heterocycles. The quantitative estimate of drug-likeness (QED) is 0.907. The Morgan fingerprint density at radius 1 is 1.26 bits per heavy atom. The summed E-state index contributed by atoms with van der Waals surface area (Å²) in [5.74, 6) is 0.778. The van der Waals surface area contributed by atoms with Gasteiger partial charge in [-0.1, -0.05) is 24.6 Å². The first-order chi connectivity index (χ1) is 9.29. The molecule has 19 heavy (non-hydrogen) atoms. The van der Waals surface area contributed by atoms with Crippen molar-refractivity contribution >= 4 is 6.09 Å². The zero-order chi connectivity index (χ0) is 13.5. The van der Waals surface area contributed by atoms with E-state index in [0.717, 1.165) is 37.0 Å². The van der Waals surface area contributed by atoms with Crippen LogP contribution < -0.4 is 10.1 Å². The van der Waals surface area contributed by atoms with Crippen LogP contribution in [0.3, 0.4) is 0 Å². The molecule has 1 aliphatic rings. The van der Waals surface area contributed by atoms with Crippen LogP contribution in [-0.4, -0.2) is 19.3 Å². The Bertz CT molecular complexity index is 414. The molecule has 104 valence electrons. The van der Waals surface area contributed by atoms with E-state index in [1.54, 1.807) is 7.11 Å². The number of benzene rings is 1. The molecule has 1 saturated carbocycles. The van der Waals surface area contributed by atoms with Gasteiger partial charge in [0.2, 0.25) is 0 Å². The highest BCUT2D eigenvalue weighted by Crippen LogP contribution is 2.20. The Balaban J connectivity index is 1.79. The maximum atomic E-state index is 11.7. The van der Waals surface area contributed by atoms with E-state index in [2.05, 4.69) is 5.32 Å². The van der Waals surface area contributed by atoms with E-state index in [4.69, 9.17) is 9.47 Å². The van der Waals surface area contributed by atoms with Crippen LogP contribution >= 0.6 is 0 Å². The second-order valence-corrected chi connectivity index (χ2v) is 4.83. The Morgan fingerprint density at radius 3 is 2.74 bits per heavy atom. The molecule has 1 N–H and O–H groups in total. The van der Waals surface area contributed by atoms with E-state index in [9.17, 15) is 4.79 Å². The van der Waals surface area contributed by atoms with Crippen molar-refractivity contribution in [3.05, 3.63) is 29.8 Å². The highest BCUT2D eigenvalue weighted by atomic mass is 16.6. The van der Waals surface area contributed by atoms with Crippen LogP contribution in [-0.2, 0) is 11.3 Å². The lowest BCUT2D eigenvalue weighted by Gasteiger charge is -2.22. The summed E-state index contributed by atoms with van der Waals surface area (Å²) in [5.41, 5.74) is 0.950. The molecule has 0 atom stereocenters. The number of nitrogens with one attached hydrogen (secondary N) is 1. The SMILES string of the molecule is COc1ccccc1CNC(=O)OC1CCCCC1. The summed E-state index contributed by atoms with van der Waals surface area (Å²) in [7, 11) is 1.62. The molecule has 0 spiro atoms. The number of rotatable bonds is 4. The summed E-state index contributed by atoms with van der Waals surface area (Å²) >= 11 is 0. The molecule has 0 radical (unpaired) electrons. The normalized spacial score (nSPS) is 15.8. The summed E-state index contributed by atoms with van der Waals surface area (Å²) in [5, 5.41) is 2.78. The van der Waals surface area contributed by atoms with Crippen LogP contribution in [0.2, 0.25) is 0 Å². The minimum atomic E-state index is -0.335. The minimum absolute atomic E-state index is 0.0893. The Hall–Kier alpha value is -1.71. The van der Waals surface area contributed by atoms with Gasteiger partial charge >= 0.3 is 6.09 Å². The fourth-order valence-electron chi connectivity index (χ4n) is 2.39. The molecular weight excluding hydrogens is 242 g/mol. The average molecular weight is 263 g/mol. The molecule has 2 rings (SSSR count). The highest BCUT2D eigenvalue weighted by Gasteiger charge is 2.17. The van der Waals surface area contributed by atoms with Crippen LogP contribution in [0.4, 0.5) is 4.79 Å². The fourth-order valence-corrected chi connectivity index (χ4v) is 2.39. The van der Waals surface area contributed by atoms with Crippen molar-refractivity contribution in [2.24, 2.45) is 0 Å². The molecular formula is C15H21NO3. The van der Waals surface area contributed by atoms with Gasteiger partial charge in [-0.15, -0.1) is 0 Å². The van der Waals surface area contributed by atoms with Crippen molar-refractivity contribution in [2.45, 2.75) is 44.8 Å². The Labute approximate surface area is 114 Å². The van der Waals surface area contributed by atoms with E-state index in [-0.39, 0.29) is 12.2 Å². The lowest BCUT2D eigenvalue weighted by molar-refractivity contribution is 0.0750. The van der Waals surface area contributed by atoms with E-state index in [0.29, 0.717) is 6.54 Å². The third kappa shape index (κ3) is 4.16. The highest BCUT2D eigenvalue weighted by molar-refractivity contribution is 5.67. The number of para-hydroxylation sites is 1. The molecule has 1 aromatic carbocycles. The monoisotopic (exact) mass is 263 g/mol. The predicted molar refractivity (Wildman–Crippen MR) is 73.2 cm³/mol. The van der Waals surface area contributed by atoms with Crippen molar-refractivity contribution in [2.75, 3.05) is 7.11 Å². The van der Waals surface area contributed by atoms with Gasteiger partial charge in [-0.3, -0.25) is 0 Å². The molecule has 4 nitrogen and oxygen atoms in total. The smallest absolute Gasteiger partial charge is 0.407 e.